The molecule has 0 aromatic carbocycles. The third-order valence-electron chi connectivity index (χ3n) is 4.60. The van der Waals surface area contributed by atoms with Crippen LogP contribution in [0.4, 0.5) is 16.3 Å². The van der Waals surface area contributed by atoms with Crippen LogP contribution in [-0.4, -0.2) is 55.3 Å². The predicted octanol–water partition coefficient (Wildman–Crippen LogP) is 2.57. The lowest BCUT2D eigenvalue weighted by molar-refractivity contribution is 0.171. The molecule has 0 saturated carbocycles. The summed E-state index contributed by atoms with van der Waals surface area (Å²) < 4.78 is 5.39. The summed E-state index contributed by atoms with van der Waals surface area (Å²) >= 11 is 0. The molecule has 0 spiro atoms. The molecule has 3 rings (SSSR count). The highest BCUT2D eigenvalue weighted by Crippen LogP contribution is 2.19. The van der Waals surface area contributed by atoms with Crippen molar-refractivity contribution in [2.45, 2.75) is 26.2 Å². The number of amides is 2. The van der Waals surface area contributed by atoms with Gasteiger partial charge in [0.05, 0.1) is 18.5 Å². The third kappa shape index (κ3) is 4.13. The lowest BCUT2D eigenvalue weighted by atomic mass is 10.1. The molecule has 1 atom stereocenters. The van der Waals surface area contributed by atoms with Gasteiger partial charge in [-0.05, 0) is 38.3 Å². The number of nitrogens with zero attached hydrogens (tertiary/aromatic N) is 3. The van der Waals surface area contributed by atoms with Crippen molar-refractivity contribution in [1.29, 1.82) is 0 Å². The minimum atomic E-state index is -0.0601. The summed E-state index contributed by atoms with van der Waals surface area (Å²) in [7, 11) is 0. The van der Waals surface area contributed by atoms with Crippen LogP contribution < -0.4 is 10.2 Å². The Labute approximate surface area is 137 Å². The first kappa shape index (κ1) is 16.1. The van der Waals surface area contributed by atoms with Crippen molar-refractivity contribution in [3.63, 3.8) is 0 Å². The highest BCUT2D eigenvalue weighted by molar-refractivity contribution is 5.89. The van der Waals surface area contributed by atoms with E-state index in [1.165, 1.54) is 12.8 Å². The Hall–Kier alpha value is -1.82. The summed E-state index contributed by atoms with van der Waals surface area (Å²) in [6.45, 7) is 7.17. The number of aromatic nitrogens is 1. The number of ether oxygens (including phenoxy) is 1. The monoisotopic (exact) mass is 318 g/mol. The fourth-order valence-corrected chi connectivity index (χ4v) is 3.19. The van der Waals surface area contributed by atoms with Crippen LogP contribution in [0.5, 0.6) is 0 Å². The lowest BCUT2D eigenvalue weighted by Crippen LogP contribution is -2.38. The number of carbonyl (C=O) groups excluding carboxylic acids is 1. The van der Waals surface area contributed by atoms with Gasteiger partial charge in [-0.25, -0.2) is 9.78 Å². The Morgan fingerprint density at radius 1 is 1.43 bits per heavy atom. The molecule has 2 saturated heterocycles. The molecule has 6 heteroatoms. The van der Waals surface area contributed by atoms with E-state index < -0.39 is 0 Å². The smallest absolute Gasteiger partial charge is 0.321 e. The number of carbonyl (C=O) groups is 1. The molecule has 0 radical (unpaired) electrons. The van der Waals surface area contributed by atoms with E-state index in [0.29, 0.717) is 12.5 Å². The van der Waals surface area contributed by atoms with E-state index in [4.69, 9.17) is 4.74 Å². The van der Waals surface area contributed by atoms with E-state index in [1.807, 2.05) is 24.0 Å². The van der Waals surface area contributed by atoms with Crippen LogP contribution in [0.3, 0.4) is 0 Å². The molecule has 23 heavy (non-hydrogen) atoms. The summed E-state index contributed by atoms with van der Waals surface area (Å²) in [6, 6.07) is 3.86. The van der Waals surface area contributed by atoms with Crippen LogP contribution in [0, 0.1) is 5.92 Å². The number of rotatable bonds is 5. The Morgan fingerprint density at radius 3 is 2.87 bits per heavy atom. The molecule has 6 nitrogen and oxygen atoms in total. The first-order valence-corrected chi connectivity index (χ1v) is 8.61. The number of nitrogens with one attached hydrogen (secondary N) is 1. The van der Waals surface area contributed by atoms with Gasteiger partial charge < -0.3 is 19.9 Å². The van der Waals surface area contributed by atoms with Gasteiger partial charge in [0.25, 0.3) is 0 Å². The van der Waals surface area contributed by atoms with Gasteiger partial charge in [0.15, 0.2) is 0 Å². The Bertz CT molecular complexity index is 508. The number of hydrogen-bond donors (Lipinski definition) is 1. The molecule has 0 unspecified atom stereocenters. The third-order valence-corrected chi connectivity index (χ3v) is 4.60. The number of urea groups is 1. The van der Waals surface area contributed by atoms with Crippen molar-refractivity contribution in [3.8, 4) is 0 Å². The van der Waals surface area contributed by atoms with Gasteiger partial charge >= 0.3 is 6.03 Å². The maximum Gasteiger partial charge on any atom is 0.321 e. The molecule has 1 aromatic heterocycles. The van der Waals surface area contributed by atoms with Crippen molar-refractivity contribution in [2.24, 2.45) is 5.92 Å². The second kappa shape index (κ2) is 7.64. The summed E-state index contributed by atoms with van der Waals surface area (Å²) in [5, 5.41) is 2.95. The summed E-state index contributed by atoms with van der Waals surface area (Å²) in [5.74, 6) is 1.45. The Morgan fingerprint density at radius 2 is 2.26 bits per heavy atom. The van der Waals surface area contributed by atoms with Crippen molar-refractivity contribution in [3.05, 3.63) is 18.3 Å². The predicted molar refractivity (Wildman–Crippen MR) is 90.9 cm³/mol. The molecule has 0 bridgehead atoms. The van der Waals surface area contributed by atoms with Crippen LogP contribution in [0.15, 0.2) is 18.3 Å². The average Bonchev–Trinajstić information content (AvgIpc) is 3.27. The molecule has 126 valence electrons. The fraction of sp³-hybridized carbons (Fsp3) is 0.647. The fourth-order valence-electron chi connectivity index (χ4n) is 3.19. The van der Waals surface area contributed by atoms with Crippen LogP contribution in [0.25, 0.3) is 0 Å². The van der Waals surface area contributed by atoms with Gasteiger partial charge in [-0.3, -0.25) is 0 Å². The van der Waals surface area contributed by atoms with Gasteiger partial charge in [0.1, 0.15) is 5.82 Å². The zero-order valence-corrected chi connectivity index (χ0v) is 13.8. The zero-order valence-electron chi connectivity index (χ0n) is 13.8. The van der Waals surface area contributed by atoms with Crippen molar-refractivity contribution >= 4 is 17.5 Å². The average molecular weight is 318 g/mol. The number of anilines is 2. The largest absolute Gasteiger partial charge is 0.381 e. The SMILES string of the molecule is CCN(C[C@@H]1CCOC1)C(=O)Nc1ccc(N2CCCC2)nc1. The molecular weight excluding hydrogens is 292 g/mol. The van der Waals surface area contributed by atoms with E-state index in [1.54, 1.807) is 6.20 Å². The van der Waals surface area contributed by atoms with Gasteiger partial charge in [0.2, 0.25) is 0 Å². The van der Waals surface area contributed by atoms with Gasteiger partial charge in [0, 0.05) is 38.7 Å². The normalized spacial score (nSPS) is 20.7. The second-order valence-corrected chi connectivity index (χ2v) is 6.30. The minimum Gasteiger partial charge on any atom is -0.381 e. The lowest BCUT2D eigenvalue weighted by Gasteiger charge is -2.24. The molecular formula is C17H26N4O2. The Balaban J connectivity index is 1.55. The van der Waals surface area contributed by atoms with Crippen LogP contribution in [0.1, 0.15) is 26.2 Å². The maximum absolute atomic E-state index is 12.4. The van der Waals surface area contributed by atoms with E-state index in [2.05, 4.69) is 15.2 Å². The summed E-state index contributed by atoms with van der Waals surface area (Å²) in [5.41, 5.74) is 0.749. The molecule has 0 aliphatic carbocycles. The van der Waals surface area contributed by atoms with Crippen LogP contribution in [-0.2, 0) is 4.74 Å². The van der Waals surface area contributed by atoms with Crippen LogP contribution >= 0.6 is 0 Å². The topological polar surface area (TPSA) is 57.7 Å². The van der Waals surface area contributed by atoms with E-state index in [9.17, 15) is 4.79 Å². The van der Waals surface area contributed by atoms with Crippen molar-refractivity contribution in [2.75, 3.05) is 49.6 Å². The molecule has 2 fully saturated rings. The quantitative estimate of drug-likeness (QED) is 0.906. The number of hydrogen-bond acceptors (Lipinski definition) is 4. The summed E-state index contributed by atoms with van der Waals surface area (Å²) in [6.07, 6.45) is 5.25. The standard InChI is InChI=1S/C17H26N4O2/c1-2-20(12-14-7-10-23-13-14)17(22)19-15-5-6-16(18-11-15)21-8-3-4-9-21/h5-6,11,14H,2-4,7-10,12-13H2,1H3,(H,19,22)/t14-/m0/s1. The molecule has 2 amide bonds. The molecule has 1 aromatic rings. The summed E-state index contributed by atoms with van der Waals surface area (Å²) in [4.78, 5) is 21.0. The Kier molecular flexibility index (Phi) is 5.33. The highest BCUT2D eigenvalue weighted by Gasteiger charge is 2.21. The van der Waals surface area contributed by atoms with Crippen LogP contribution in [0.2, 0.25) is 0 Å². The second-order valence-electron chi connectivity index (χ2n) is 6.30. The zero-order chi connectivity index (χ0) is 16.1. The first-order chi connectivity index (χ1) is 11.3. The maximum atomic E-state index is 12.4. The molecule has 2 aliphatic heterocycles. The highest BCUT2D eigenvalue weighted by atomic mass is 16.5. The molecule has 2 aliphatic rings. The van der Waals surface area contributed by atoms with Gasteiger partial charge in [-0.2, -0.15) is 0 Å². The van der Waals surface area contributed by atoms with Crippen molar-refractivity contribution in [1.82, 2.24) is 9.88 Å². The van der Waals surface area contributed by atoms with Crippen molar-refractivity contribution < 1.29 is 9.53 Å². The number of pyridine rings is 1. The van der Waals surface area contributed by atoms with E-state index in [-0.39, 0.29) is 6.03 Å². The van der Waals surface area contributed by atoms with E-state index in [0.717, 1.165) is 50.8 Å². The first-order valence-electron chi connectivity index (χ1n) is 8.61. The molecule has 1 N–H and O–H groups in total. The van der Waals surface area contributed by atoms with Gasteiger partial charge in [-0.1, -0.05) is 0 Å². The van der Waals surface area contributed by atoms with Gasteiger partial charge in [-0.15, -0.1) is 0 Å². The van der Waals surface area contributed by atoms with E-state index >= 15 is 0 Å². The minimum absolute atomic E-state index is 0.0601. The molecule has 3 heterocycles.